The first kappa shape index (κ1) is 25.2. The summed E-state index contributed by atoms with van der Waals surface area (Å²) in [6.45, 7) is 4.43. The lowest BCUT2D eigenvalue weighted by Gasteiger charge is -2.32. The van der Waals surface area contributed by atoms with Crippen molar-refractivity contribution in [2.75, 3.05) is 26.2 Å². The number of carbonyl (C=O) groups excluding carboxylic acids is 3. The maximum Gasteiger partial charge on any atom is 0.294 e. The Kier molecular flexibility index (Phi) is 7.40. The average molecular weight is 504 g/mol. The standard InChI is InChI=1S/C30H34FN3O3/c1-20-27(29(36)34-16-12-22(13-17-34)18-21-6-9-24(31)10-7-21)25-19-23(8-11-26(25)32-20)28(35)30(37)33-14-4-2-3-5-15-33/h6-11,19,22,32H,2-5,12-18H2,1H3. The van der Waals surface area contributed by atoms with Crippen LogP contribution in [0.4, 0.5) is 4.39 Å². The first-order valence-electron chi connectivity index (χ1n) is 13.4. The highest BCUT2D eigenvalue weighted by molar-refractivity contribution is 6.43. The number of amides is 2. The Hall–Kier alpha value is -3.48. The first-order valence-corrected chi connectivity index (χ1v) is 13.4. The molecule has 37 heavy (non-hydrogen) atoms. The lowest BCUT2D eigenvalue weighted by atomic mass is 9.90. The number of hydrogen-bond acceptors (Lipinski definition) is 3. The van der Waals surface area contributed by atoms with Crippen molar-refractivity contribution in [1.82, 2.24) is 14.8 Å². The highest BCUT2D eigenvalue weighted by atomic mass is 19.1. The van der Waals surface area contributed by atoms with Crippen LogP contribution in [0.3, 0.4) is 0 Å². The van der Waals surface area contributed by atoms with Gasteiger partial charge in [-0.15, -0.1) is 0 Å². The van der Waals surface area contributed by atoms with Gasteiger partial charge in [-0.25, -0.2) is 4.39 Å². The van der Waals surface area contributed by atoms with E-state index in [1.54, 1.807) is 23.1 Å². The van der Waals surface area contributed by atoms with Crippen molar-refractivity contribution in [3.05, 3.63) is 70.7 Å². The Bertz CT molecular complexity index is 1300. The van der Waals surface area contributed by atoms with Crippen molar-refractivity contribution in [2.45, 2.75) is 51.9 Å². The van der Waals surface area contributed by atoms with Gasteiger partial charge in [-0.2, -0.15) is 0 Å². The fourth-order valence-electron chi connectivity index (χ4n) is 5.74. The SMILES string of the molecule is Cc1[nH]c2ccc(C(=O)C(=O)N3CCCCCC3)cc2c1C(=O)N1CCC(Cc2ccc(F)cc2)CC1. The van der Waals surface area contributed by atoms with E-state index in [-0.39, 0.29) is 11.7 Å². The summed E-state index contributed by atoms with van der Waals surface area (Å²) >= 11 is 0. The van der Waals surface area contributed by atoms with Gasteiger partial charge >= 0.3 is 0 Å². The molecule has 0 radical (unpaired) electrons. The van der Waals surface area contributed by atoms with E-state index in [0.717, 1.165) is 61.7 Å². The molecule has 1 aromatic heterocycles. The van der Waals surface area contributed by atoms with Crippen molar-refractivity contribution in [2.24, 2.45) is 5.92 Å². The molecular weight excluding hydrogens is 469 g/mol. The molecule has 2 aromatic carbocycles. The second kappa shape index (κ2) is 10.9. The number of H-pyrrole nitrogens is 1. The molecule has 2 aliphatic rings. The number of halogens is 1. The number of likely N-dealkylation sites (tertiary alicyclic amines) is 2. The molecule has 7 heteroatoms. The summed E-state index contributed by atoms with van der Waals surface area (Å²) in [5.74, 6) is -0.790. The molecule has 2 fully saturated rings. The molecule has 0 atom stereocenters. The largest absolute Gasteiger partial charge is 0.358 e. The summed E-state index contributed by atoms with van der Waals surface area (Å²) in [5, 5.41) is 0.686. The predicted octanol–water partition coefficient (Wildman–Crippen LogP) is 5.30. The van der Waals surface area contributed by atoms with E-state index in [1.807, 2.05) is 24.0 Å². The number of benzene rings is 2. The van der Waals surface area contributed by atoms with Crippen molar-refractivity contribution in [3.8, 4) is 0 Å². The van der Waals surface area contributed by atoms with Crippen LogP contribution in [-0.2, 0) is 11.2 Å². The van der Waals surface area contributed by atoms with Gasteiger partial charge in [0, 0.05) is 48.3 Å². The summed E-state index contributed by atoms with van der Waals surface area (Å²) in [5.41, 5.74) is 3.56. The van der Waals surface area contributed by atoms with E-state index in [9.17, 15) is 18.8 Å². The molecule has 2 amide bonds. The minimum Gasteiger partial charge on any atom is -0.358 e. The quantitative estimate of drug-likeness (QED) is 0.380. The Morgan fingerprint density at radius 3 is 2.24 bits per heavy atom. The van der Waals surface area contributed by atoms with E-state index >= 15 is 0 Å². The van der Waals surface area contributed by atoms with Crippen LogP contribution in [0.25, 0.3) is 10.9 Å². The fraction of sp³-hybridized carbons (Fsp3) is 0.433. The number of fused-ring (bicyclic) bond motifs is 1. The van der Waals surface area contributed by atoms with E-state index in [0.29, 0.717) is 48.6 Å². The van der Waals surface area contributed by atoms with Crippen LogP contribution in [0.1, 0.15) is 70.5 Å². The van der Waals surface area contributed by atoms with Crippen LogP contribution >= 0.6 is 0 Å². The summed E-state index contributed by atoms with van der Waals surface area (Å²) < 4.78 is 13.2. The van der Waals surface area contributed by atoms with Crippen LogP contribution in [0.2, 0.25) is 0 Å². The minimum absolute atomic E-state index is 0.0487. The number of aromatic amines is 1. The maximum atomic E-state index is 13.6. The summed E-state index contributed by atoms with van der Waals surface area (Å²) in [6.07, 6.45) is 6.67. The van der Waals surface area contributed by atoms with Crippen LogP contribution in [0.15, 0.2) is 42.5 Å². The molecule has 3 aromatic rings. The smallest absolute Gasteiger partial charge is 0.294 e. The van der Waals surface area contributed by atoms with Gasteiger partial charge in [-0.1, -0.05) is 25.0 Å². The molecule has 0 aliphatic carbocycles. The van der Waals surface area contributed by atoms with E-state index in [2.05, 4.69) is 4.98 Å². The van der Waals surface area contributed by atoms with Gasteiger partial charge in [0.05, 0.1) is 5.56 Å². The van der Waals surface area contributed by atoms with E-state index < -0.39 is 11.7 Å². The first-order chi connectivity index (χ1) is 17.9. The summed E-state index contributed by atoms with van der Waals surface area (Å²) in [7, 11) is 0. The second-order valence-corrected chi connectivity index (χ2v) is 10.5. The number of nitrogens with one attached hydrogen (secondary N) is 1. The third kappa shape index (κ3) is 5.45. The van der Waals surface area contributed by atoms with Gasteiger partial charge in [0.15, 0.2) is 0 Å². The van der Waals surface area contributed by atoms with Crippen molar-refractivity contribution < 1.29 is 18.8 Å². The lowest BCUT2D eigenvalue weighted by Crippen LogP contribution is -2.39. The monoisotopic (exact) mass is 503 g/mol. The van der Waals surface area contributed by atoms with Gasteiger partial charge < -0.3 is 14.8 Å². The molecule has 0 saturated carbocycles. The van der Waals surface area contributed by atoms with Crippen LogP contribution in [0.5, 0.6) is 0 Å². The zero-order valence-corrected chi connectivity index (χ0v) is 21.4. The number of piperidine rings is 1. The van der Waals surface area contributed by atoms with Crippen molar-refractivity contribution in [3.63, 3.8) is 0 Å². The third-order valence-corrected chi connectivity index (χ3v) is 7.89. The zero-order chi connectivity index (χ0) is 25.9. The van der Waals surface area contributed by atoms with Gasteiger partial charge in [0.25, 0.3) is 11.8 Å². The number of ketones is 1. The predicted molar refractivity (Wildman–Crippen MR) is 141 cm³/mol. The number of nitrogens with zero attached hydrogens (tertiary/aromatic N) is 2. The minimum atomic E-state index is -0.511. The molecule has 0 spiro atoms. The molecule has 2 aliphatic heterocycles. The Morgan fingerprint density at radius 1 is 0.892 bits per heavy atom. The molecule has 0 bridgehead atoms. The van der Waals surface area contributed by atoms with Gasteiger partial charge in [-0.05, 0) is 80.8 Å². The van der Waals surface area contributed by atoms with Crippen LogP contribution in [0, 0.1) is 18.7 Å². The highest BCUT2D eigenvalue weighted by Crippen LogP contribution is 2.28. The van der Waals surface area contributed by atoms with Crippen LogP contribution in [-0.4, -0.2) is 58.6 Å². The fourth-order valence-corrected chi connectivity index (χ4v) is 5.74. The molecule has 0 unspecified atom stereocenters. The number of aromatic nitrogens is 1. The van der Waals surface area contributed by atoms with E-state index in [4.69, 9.17) is 0 Å². The topological polar surface area (TPSA) is 73.5 Å². The Labute approximate surface area is 216 Å². The molecular formula is C30H34FN3O3. The molecule has 5 rings (SSSR count). The number of hydrogen-bond donors (Lipinski definition) is 1. The Morgan fingerprint density at radius 2 is 1.57 bits per heavy atom. The molecule has 1 N–H and O–H groups in total. The molecule has 3 heterocycles. The normalized spacial score (nSPS) is 17.1. The Balaban J connectivity index is 1.30. The third-order valence-electron chi connectivity index (χ3n) is 7.89. The number of aryl methyl sites for hydroxylation is 1. The van der Waals surface area contributed by atoms with Gasteiger partial charge in [-0.3, -0.25) is 14.4 Å². The second-order valence-electron chi connectivity index (χ2n) is 10.5. The average Bonchev–Trinajstić information content (AvgIpc) is 3.06. The van der Waals surface area contributed by atoms with Crippen molar-refractivity contribution in [1.29, 1.82) is 0 Å². The van der Waals surface area contributed by atoms with Crippen molar-refractivity contribution >= 4 is 28.5 Å². The molecule has 6 nitrogen and oxygen atoms in total. The molecule has 2 saturated heterocycles. The lowest BCUT2D eigenvalue weighted by molar-refractivity contribution is -0.126. The van der Waals surface area contributed by atoms with Gasteiger partial charge in [0.2, 0.25) is 5.78 Å². The zero-order valence-electron chi connectivity index (χ0n) is 21.4. The summed E-state index contributed by atoms with van der Waals surface area (Å²) in [4.78, 5) is 46.4. The number of rotatable bonds is 5. The highest BCUT2D eigenvalue weighted by Gasteiger charge is 2.28. The maximum absolute atomic E-state index is 13.6. The number of Topliss-reactive ketones (excluding diaryl/α,β-unsaturated/α-hetero) is 1. The number of carbonyl (C=O) groups is 3. The molecule has 194 valence electrons. The van der Waals surface area contributed by atoms with E-state index in [1.165, 1.54) is 12.1 Å². The van der Waals surface area contributed by atoms with Gasteiger partial charge in [0.1, 0.15) is 5.82 Å². The summed E-state index contributed by atoms with van der Waals surface area (Å²) in [6, 6.07) is 11.8. The van der Waals surface area contributed by atoms with Crippen LogP contribution < -0.4 is 0 Å².